The zero-order valence-corrected chi connectivity index (χ0v) is 5.58. The zero-order valence-electron chi connectivity index (χ0n) is 5.58. The van der Waals surface area contributed by atoms with Gasteiger partial charge >= 0.3 is 5.97 Å². The Morgan fingerprint density at radius 2 is 2.60 bits per heavy atom. The fourth-order valence-electron chi connectivity index (χ4n) is 0.828. The molecule has 0 spiro atoms. The molecule has 4 nitrogen and oxygen atoms in total. The Labute approximate surface area is 59.1 Å². The molecule has 0 unspecified atom stereocenters. The third-order valence-electron chi connectivity index (χ3n) is 1.23. The lowest BCUT2D eigenvalue weighted by Gasteiger charge is -2.21. The summed E-state index contributed by atoms with van der Waals surface area (Å²) in [6.45, 7) is 1.53. The highest BCUT2D eigenvalue weighted by atomic mass is 16.4. The van der Waals surface area contributed by atoms with Crippen molar-refractivity contribution in [1.29, 1.82) is 0 Å². The van der Waals surface area contributed by atoms with E-state index in [9.17, 15) is 4.79 Å². The van der Waals surface area contributed by atoms with Crippen LogP contribution in [-0.4, -0.2) is 35.7 Å². The van der Waals surface area contributed by atoms with Gasteiger partial charge in [0.25, 0.3) is 0 Å². The summed E-state index contributed by atoms with van der Waals surface area (Å²) in [5.74, 6) is -0.798. The van der Waals surface area contributed by atoms with Crippen LogP contribution < -0.4 is 5.32 Å². The van der Waals surface area contributed by atoms with Gasteiger partial charge in [0, 0.05) is 6.54 Å². The van der Waals surface area contributed by atoms with E-state index < -0.39 is 5.97 Å². The molecule has 0 radical (unpaired) electrons. The van der Waals surface area contributed by atoms with Gasteiger partial charge in [-0.05, 0) is 6.20 Å². The van der Waals surface area contributed by atoms with E-state index >= 15 is 0 Å². The maximum Gasteiger partial charge on any atom is 0.323 e. The van der Waals surface area contributed by atoms with Crippen LogP contribution in [-0.2, 0) is 4.79 Å². The van der Waals surface area contributed by atoms with Crippen molar-refractivity contribution in [2.75, 3.05) is 19.8 Å². The van der Waals surface area contributed by atoms with Crippen LogP contribution in [0.4, 0.5) is 0 Å². The predicted octanol–water partition coefficient (Wildman–Crippen LogP) is -0.553. The molecule has 10 heavy (non-hydrogen) atoms. The summed E-state index contributed by atoms with van der Waals surface area (Å²) in [7, 11) is 0. The van der Waals surface area contributed by atoms with Gasteiger partial charge in [0.05, 0.1) is 6.67 Å². The minimum Gasteiger partial charge on any atom is -0.480 e. The molecule has 0 aromatic heterocycles. The number of rotatable bonds is 2. The average Bonchev–Trinajstić information content (AvgIpc) is 1.88. The fourth-order valence-corrected chi connectivity index (χ4v) is 0.828. The molecule has 1 aliphatic rings. The molecule has 4 heteroatoms. The van der Waals surface area contributed by atoms with Crippen LogP contribution in [0.5, 0.6) is 0 Å². The van der Waals surface area contributed by atoms with Gasteiger partial charge in [0.15, 0.2) is 0 Å². The van der Waals surface area contributed by atoms with Crippen LogP contribution in [0.15, 0.2) is 12.3 Å². The van der Waals surface area contributed by atoms with Gasteiger partial charge in [0.1, 0.15) is 6.54 Å². The van der Waals surface area contributed by atoms with Crippen LogP contribution in [0.25, 0.3) is 0 Å². The molecule has 0 saturated heterocycles. The lowest BCUT2D eigenvalue weighted by molar-refractivity contribution is -0.137. The number of carbonyl (C=O) groups is 1. The minimum absolute atomic E-state index is 0.0729. The Bertz CT molecular complexity index is 156. The van der Waals surface area contributed by atoms with E-state index in [0.717, 1.165) is 6.54 Å². The Balaban J connectivity index is 2.33. The Morgan fingerprint density at radius 3 is 3.10 bits per heavy atom. The van der Waals surface area contributed by atoms with Crippen LogP contribution in [0.1, 0.15) is 0 Å². The molecule has 0 aliphatic carbocycles. The molecule has 0 fully saturated rings. The Hall–Kier alpha value is -1.03. The minimum atomic E-state index is -0.798. The van der Waals surface area contributed by atoms with Gasteiger partial charge in [0.2, 0.25) is 0 Å². The third kappa shape index (κ3) is 2.06. The SMILES string of the molecule is O=C(O)CN1C=CCNC1. The van der Waals surface area contributed by atoms with E-state index in [1.165, 1.54) is 0 Å². The first-order valence-electron chi connectivity index (χ1n) is 3.12. The van der Waals surface area contributed by atoms with Gasteiger partial charge in [-0.2, -0.15) is 0 Å². The normalized spacial score (nSPS) is 17.4. The van der Waals surface area contributed by atoms with E-state index in [0.29, 0.717) is 6.67 Å². The van der Waals surface area contributed by atoms with Crippen molar-refractivity contribution in [2.24, 2.45) is 0 Å². The zero-order chi connectivity index (χ0) is 7.40. The summed E-state index contributed by atoms with van der Waals surface area (Å²) < 4.78 is 0. The lowest BCUT2D eigenvalue weighted by atomic mass is 10.4. The maximum absolute atomic E-state index is 10.2. The number of carboxylic acid groups (broad SMARTS) is 1. The molecule has 0 aromatic rings. The summed E-state index contributed by atoms with van der Waals surface area (Å²) >= 11 is 0. The summed E-state index contributed by atoms with van der Waals surface area (Å²) in [5.41, 5.74) is 0. The van der Waals surface area contributed by atoms with Crippen molar-refractivity contribution in [1.82, 2.24) is 10.2 Å². The molecule has 56 valence electrons. The Kier molecular flexibility index (Phi) is 2.28. The molecular formula is C6H10N2O2. The van der Waals surface area contributed by atoms with Crippen LogP contribution >= 0.6 is 0 Å². The monoisotopic (exact) mass is 142 g/mol. The fraction of sp³-hybridized carbons (Fsp3) is 0.500. The second kappa shape index (κ2) is 3.22. The molecule has 1 heterocycles. The van der Waals surface area contributed by atoms with Crippen molar-refractivity contribution < 1.29 is 9.90 Å². The number of hydrogen-bond acceptors (Lipinski definition) is 3. The highest BCUT2D eigenvalue weighted by molar-refractivity contribution is 5.69. The second-order valence-electron chi connectivity index (χ2n) is 2.14. The van der Waals surface area contributed by atoms with Crippen molar-refractivity contribution in [3.05, 3.63) is 12.3 Å². The van der Waals surface area contributed by atoms with Gasteiger partial charge in [-0.15, -0.1) is 0 Å². The van der Waals surface area contributed by atoms with E-state index in [1.54, 1.807) is 11.1 Å². The van der Waals surface area contributed by atoms with Crippen molar-refractivity contribution in [3.8, 4) is 0 Å². The van der Waals surface area contributed by atoms with Crippen LogP contribution in [0.2, 0.25) is 0 Å². The number of nitrogens with zero attached hydrogens (tertiary/aromatic N) is 1. The van der Waals surface area contributed by atoms with E-state index in [1.807, 2.05) is 6.08 Å². The topological polar surface area (TPSA) is 52.6 Å². The Morgan fingerprint density at radius 1 is 1.80 bits per heavy atom. The lowest BCUT2D eigenvalue weighted by Crippen LogP contribution is -2.37. The molecule has 0 aromatic carbocycles. The first-order chi connectivity index (χ1) is 4.79. The first kappa shape index (κ1) is 7.08. The van der Waals surface area contributed by atoms with Gasteiger partial charge < -0.3 is 10.0 Å². The second-order valence-corrected chi connectivity index (χ2v) is 2.14. The van der Waals surface area contributed by atoms with Crippen LogP contribution in [0, 0.1) is 0 Å². The summed E-state index contributed by atoms with van der Waals surface area (Å²) in [6, 6.07) is 0. The molecule has 0 saturated carbocycles. The molecular weight excluding hydrogens is 132 g/mol. The third-order valence-corrected chi connectivity index (χ3v) is 1.23. The largest absolute Gasteiger partial charge is 0.480 e. The van der Waals surface area contributed by atoms with Crippen molar-refractivity contribution in [3.63, 3.8) is 0 Å². The number of carboxylic acids is 1. The number of hydrogen-bond donors (Lipinski definition) is 2. The van der Waals surface area contributed by atoms with Gasteiger partial charge in [-0.1, -0.05) is 6.08 Å². The first-order valence-corrected chi connectivity index (χ1v) is 3.12. The smallest absolute Gasteiger partial charge is 0.323 e. The quantitative estimate of drug-likeness (QED) is 0.543. The summed E-state index contributed by atoms with van der Waals surface area (Å²) in [6.07, 6.45) is 3.69. The molecule has 1 rings (SSSR count). The van der Waals surface area contributed by atoms with Crippen LogP contribution in [0.3, 0.4) is 0 Å². The highest BCUT2D eigenvalue weighted by Crippen LogP contribution is 1.91. The molecule has 0 atom stereocenters. The number of nitrogens with one attached hydrogen (secondary N) is 1. The van der Waals surface area contributed by atoms with E-state index in [2.05, 4.69) is 5.32 Å². The standard InChI is InChI=1S/C6H10N2O2/c9-6(10)4-8-3-1-2-7-5-8/h1,3,7H,2,4-5H2,(H,9,10). The summed E-state index contributed by atoms with van der Waals surface area (Å²) in [5, 5.41) is 11.4. The van der Waals surface area contributed by atoms with Crippen molar-refractivity contribution >= 4 is 5.97 Å². The molecule has 1 aliphatic heterocycles. The van der Waals surface area contributed by atoms with E-state index in [4.69, 9.17) is 5.11 Å². The molecule has 0 amide bonds. The van der Waals surface area contributed by atoms with E-state index in [-0.39, 0.29) is 6.54 Å². The maximum atomic E-state index is 10.2. The molecule has 0 bridgehead atoms. The number of aliphatic carboxylic acids is 1. The summed E-state index contributed by atoms with van der Waals surface area (Å²) in [4.78, 5) is 11.9. The molecule has 2 N–H and O–H groups in total. The van der Waals surface area contributed by atoms with Gasteiger partial charge in [-0.3, -0.25) is 10.1 Å². The van der Waals surface area contributed by atoms with Gasteiger partial charge in [-0.25, -0.2) is 0 Å². The highest BCUT2D eigenvalue weighted by Gasteiger charge is 2.05. The average molecular weight is 142 g/mol. The van der Waals surface area contributed by atoms with Crippen molar-refractivity contribution in [2.45, 2.75) is 0 Å². The predicted molar refractivity (Wildman–Crippen MR) is 36.4 cm³/mol.